The molecule has 0 bridgehead atoms. The number of rotatable bonds is 5. The number of nitrogens with one attached hydrogen (secondary N) is 2. The Bertz CT molecular complexity index is 1380. The number of hydrogen-bond donors (Lipinski definition) is 3. The highest BCUT2D eigenvalue weighted by atomic mass is 19.1. The summed E-state index contributed by atoms with van der Waals surface area (Å²) in [5.74, 6) is -2.74. The van der Waals surface area contributed by atoms with Crippen LogP contribution in [0.5, 0.6) is 0 Å². The Hall–Kier alpha value is -4.07. The van der Waals surface area contributed by atoms with Gasteiger partial charge in [-0.3, -0.25) is 14.4 Å². The van der Waals surface area contributed by atoms with Crippen molar-refractivity contribution < 1.29 is 28.3 Å². The highest BCUT2D eigenvalue weighted by molar-refractivity contribution is 6.35. The van der Waals surface area contributed by atoms with Crippen molar-refractivity contribution in [2.24, 2.45) is 0 Å². The molecule has 34 heavy (non-hydrogen) atoms. The van der Waals surface area contributed by atoms with Gasteiger partial charge >= 0.3 is 5.97 Å². The molecule has 2 aliphatic rings. The second kappa shape index (κ2) is 8.37. The molecule has 3 N–H and O–H groups in total. The van der Waals surface area contributed by atoms with Gasteiger partial charge in [-0.15, -0.1) is 0 Å². The topological polar surface area (TPSA) is 99.3 Å². The van der Waals surface area contributed by atoms with Crippen LogP contribution in [0.2, 0.25) is 0 Å². The van der Waals surface area contributed by atoms with E-state index in [0.29, 0.717) is 64.0 Å². The smallest absolute Gasteiger partial charge is 0.303 e. The number of aryl methyl sites for hydroxylation is 1. The molecule has 1 aliphatic heterocycles. The summed E-state index contributed by atoms with van der Waals surface area (Å²) in [6.07, 6.45) is 3.49. The molecule has 1 aromatic heterocycles. The van der Waals surface area contributed by atoms with E-state index in [1.165, 1.54) is 12.1 Å². The number of carbonyl (C=O) groups excluding carboxylic acids is 2. The number of carbonyl (C=O) groups is 3. The molecule has 0 spiro atoms. The first-order chi connectivity index (χ1) is 16.3. The van der Waals surface area contributed by atoms with Crippen molar-refractivity contribution in [2.75, 3.05) is 5.32 Å². The predicted octanol–water partition coefficient (Wildman–Crippen LogP) is 4.99. The number of Topliss-reactive ketones (excluding diaryl/α,β-unsaturated/α-hetero) is 1. The Balaban J connectivity index is 1.56. The highest BCUT2D eigenvalue weighted by Gasteiger charge is 2.29. The van der Waals surface area contributed by atoms with E-state index in [4.69, 9.17) is 5.11 Å². The molecule has 0 radical (unpaired) electrons. The van der Waals surface area contributed by atoms with Gasteiger partial charge in [-0.05, 0) is 60.2 Å². The fourth-order valence-corrected chi connectivity index (χ4v) is 4.69. The van der Waals surface area contributed by atoms with Crippen LogP contribution in [0, 0.1) is 11.6 Å². The molecule has 6 nitrogen and oxygen atoms in total. The number of anilines is 1. The molecule has 2 aromatic carbocycles. The van der Waals surface area contributed by atoms with Crippen LogP contribution in [0.4, 0.5) is 14.5 Å². The van der Waals surface area contributed by atoms with E-state index in [-0.39, 0.29) is 24.5 Å². The number of ketones is 1. The Labute approximate surface area is 193 Å². The molecular formula is C26H20F2N2O4. The third-order valence-corrected chi connectivity index (χ3v) is 6.20. The van der Waals surface area contributed by atoms with Gasteiger partial charge in [0.1, 0.15) is 11.6 Å². The zero-order valence-electron chi connectivity index (χ0n) is 18.0. The van der Waals surface area contributed by atoms with Gasteiger partial charge in [0.2, 0.25) is 0 Å². The number of aromatic amines is 1. The number of carboxylic acid groups (broad SMARTS) is 1. The first-order valence-electron chi connectivity index (χ1n) is 10.9. The lowest BCUT2D eigenvalue weighted by Gasteiger charge is -2.11. The zero-order valence-corrected chi connectivity index (χ0v) is 18.0. The van der Waals surface area contributed by atoms with E-state index in [9.17, 15) is 23.2 Å². The molecule has 5 rings (SSSR count). The number of hydrogen-bond acceptors (Lipinski definition) is 3. The van der Waals surface area contributed by atoms with E-state index in [0.717, 1.165) is 11.8 Å². The standard InChI is InChI=1S/C26H20F2N2O4/c27-15-8-14(9-16(28)11-15)13-4-5-17-19(26(34)30-21(17)10-13)12-22-18(6-7-24(32)33)25-20(29-22)2-1-3-23(25)31/h4-5,8-12,29H,1-3,6-7H2,(H,30,34)(H,32,33)/b19-12-. The Morgan fingerprint density at radius 2 is 1.79 bits per heavy atom. The molecule has 8 heteroatoms. The molecule has 0 fully saturated rings. The molecular weight excluding hydrogens is 442 g/mol. The predicted molar refractivity (Wildman–Crippen MR) is 122 cm³/mol. The fourth-order valence-electron chi connectivity index (χ4n) is 4.69. The maximum absolute atomic E-state index is 13.6. The lowest BCUT2D eigenvalue weighted by Crippen LogP contribution is -2.11. The molecule has 1 aliphatic carbocycles. The number of aromatic nitrogens is 1. The van der Waals surface area contributed by atoms with Crippen molar-refractivity contribution in [1.82, 2.24) is 4.98 Å². The van der Waals surface area contributed by atoms with Crippen molar-refractivity contribution in [3.63, 3.8) is 0 Å². The summed E-state index contributed by atoms with van der Waals surface area (Å²) in [4.78, 5) is 39.8. The number of carboxylic acids is 1. The molecule has 2 heterocycles. The minimum absolute atomic E-state index is 0.0224. The molecule has 0 atom stereocenters. The molecule has 172 valence electrons. The normalized spacial score (nSPS) is 15.9. The van der Waals surface area contributed by atoms with Crippen LogP contribution >= 0.6 is 0 Å². The van der Waals surface area contributed by atoms with Gasteiger partial charge in [-0.25, -0.2) is 8.78 Å². The number of amides is 1. The van der Waals surface area contributed by atoms with Crippen LogP contribution in [0.15, 0.2) is 36.4 Å². The largest absolute Gasteiger partial charge is 0.481 e. The monoisotopic (exact) mass is 462 g/mol. The summed E-state index contributed by atoms with van der Waals surface area (Å²) in [5, 5.41) is 11.9. The van der Waals surface area contributed by atoms with Crippen LogP contribution in [-0.4, -0.2) is 27.8 Å². The first-order valence-corrected chi connectivity index (χ1v) is 10.9. The molecule has 1 amide bonds. The molecule has 0 saturated heterocycles. The number of benzene rings is 2. The summed E-state index contributed by atoms with van der Waals surface area (Å²) in [7, 11) is 0. The summed E-state index contributed by atoms with van der Waals surface area (Å²) < 4.78 is 27.3. The van der Waals surface area contributed by atoms with Crippen molar-refractivity contribution >= 4 is 35.0 Å². The van der Waals surface area contributed by atoms with E-state index in [1.54, 1.807) is 24.3 Å². The summed E-state index contributed by atoms with van der Waals surface area (Å²) in [6.45, 7) is 0. The minimum Gasteiger partial charge on any atom is -0.481 e. The first kappa shape index (κ1) is 21.8. The summed E-state index contributed by atoms with van der Waals surface area (Å²) in [5.41, 5.74) is 4.83. The van der Waals surface area contributed by atoms with Crippen LogP contribution in [0.3, 0.4) is 0 Å². The average Bonchev–Trinajstić information content (AvgIpc) is 3.29. The van der Waals surface area contributed by atoms with Crippen LogP contribution in [0.1, 0.15) is 52.1 Å². The van der Waals surface area contributed by atoms with E-state index < -0.39 is 17.6 Å². The Morgan fingerprint density at radius 1 is 1.03 bits per heavy atom. The van der Waals surface area contributed by atoms with Crippen molar-refractivity contribution in [2.45, 2.75) is 32.1 Å². The second-order valence-electron chi connectivity index (χ2n) is 8.47. The number of aliphatic carboxylic acids is 1. The number of fused-ring (bicyclic) bond motifs is 2. The van der Waals surface area contributed by atoms with Gasteiger partial charge in [-0.1, -0.05) is 12.1 Å². The lowest BCUT2D eigenvalue weighted by atomic mass is 9.91. The molecule has 3 aromatic rings. The lowest BCUT2D eigenvalue weighted by molar-refractivity contribution is -0.137. The molecule has 0 saturated carbocycles. The zero-order chi connectivity index (χ0) is 24.0. The highest BCUT2D eigenvalue weighted by Crippen LogP contribution is 2.38. The third-order valence-electron chi connectivity index (χ3n) is 6.20. The molecule has 0 unspecified atom stereocenters. The second-order valence-corrected chi connectivity index (χ2v) is 8.47. The van der Waals surface area contributed by atoms with Crippen molar-refractivity contribution in [1.29, 1.82) is 0 Å². The van der Waals surface area contributed by atoms with Gasteiger partial charge in [0.15, 0.2) is 5.78 Å². The van der Waals surface area contributed by atoms with Gasteiger partial charge in [-0.2, -0.15) is 0 Å². The maximum Gasteiger partial charge on any atom is 0.303 e. The fraction of sp³-hybridized carbons (Fsp3) is 0.192. The third kappa shape index (κ3) is 3.91. The average molecular weight is 462 g/mol. The minimum atomic E-state index is -0.970. The van der Waals surface area contributed by atoms with Crippen LogP contribution < -0.4 is 5.32 Å². The SMILES string of the molecule is O=C(O)CCc1c(/C=C2\C(=O)Nc3cc(-c4cc(F)cc(F)c4)ccc32)[nH]c2c1C(=O)CCC2. The van der Waals surface area contributed by atoms with Crippen LogP contribution in [-0.2, 0) is 22.4 Å². The van der Waals surface area contributed by atoms with Gasteiger partial charge in [0.05, 0.1) is 5.57 Å². The maximum atomic E-state index is 13.6. The summed E-state index contributed by atoms with van der Waals surface area (Å²) in [6, 6.07) is 8.25. The van der Waals surface area contributed by atoms with Crippen molar-refractivity contribution in [3.05, 3.63) is 76.1 Å². The summed E-state index contributed by atoms with van der Waals surface area (Å²) >= 11 is 0. The van der Waals surface area contributed by atoms with Gasteiger partial charge in [0.25, 0.3) is 5.91 Å². The van der Waals surface area contributed by atoms with Gasteiger partial charge < -0.3 is 15.4 Å². The van der Waals surface area contributed by atoms with E-state index in [2.05, 4.69) is 10.3 Å². The quantitative estimate of drug-likeness (QED) is 0.465. The Morgan fingerprint density at radius 3 is 2.53 bits per heavy atom. The van der Waals surface area contributed by atoms with Crippen molar-refractivity contribution in [3.8, 4) is 11.1 Å². The van der Waals surface area contributed by atoms with Gasteiger partial charge in [0, 0.05) is 47.1 Å². The van der Waals surface area contributed by atoms with E-state index in [1.807, 2.05) is 0 Å². The van der Waals surface area contributed by atoms with E-state index >= 15 is 0 Å². The van der Waals surface area contributed by atoms with Crippen LogP contribution in [0.25, 0.3) is 22.8 Å². The number of H-pyrrole nitrogens is 1. The Kier molecular flexibility index (Phi) is 5.36. The number of halogens is 2.